The van der Waals surface area contributed by atoms with E-state index in [0.717, 1.165) is 41.2 Å². The summed E-state index contributed by atoms with van der Waals surface area (Å²) in [6, 6.07) is 7.92. The van der Waals surface area contributed by atoms with E-state index in [1.54, 1.807) is 6.33 Å². The lowest BCUT2D eigenvalue weighted by Crippen LogP contribution is -2.29. The first kappa shape index (κ1) is 20.3. The summed E-state index contributed by atoms with van der Waals surface area (Å²) in [7, 11) is 0. The van der Waals surface area contributed by atoms with Gasteiger partial charge in [0.15, 0.2) is 0 Å². The minimum atomic E-state index is -0.233. The predicted octanol–water partition coefficient (Wildman–Crippen LogP) is 2.59. The third-order valence-corrected chi connectivity index (χ3v) is 5.58. The lowest BCUT2D eigenvalue weighted by molar-refractivity contribution is 0.0535. The van der Waals surface area contributed by atoms with E-state index in [1.165, 1.54) is 5.56 Å². The molecule has 2 aromatic heterocycles. The molecule has 0 aliphatic carbocycles. The van der Waals surface area contributed by atoms with Crippen molar-refractivity contribution in [2.75, 3.05) is 19.7 Å². The van der Waals surface area contributed by atoms with E-state index in [9.17, 15) is 9.90 Å². The Bertz CT molecular complexity index is 1040. The van der Waals surface area contributed by atoms with Gasteiger partial charge >= 0.3 is 5.97 Å². The van der Waals surface area contributed by atoms with Gasteiger partial charge in [0.05, 0.1) is 17.9 Å². The van der Waals surface area contributed by atoms with Crippen molar-refractivity contribution in [2.24, 2.45) is 0 Å². The summed E-state index contributed by atoms with van der Waals surface area (Å²) in [6.07, 6.45) is 6.41. The van der Waals surface area contributed by atoms with Crippen LogP contribution in [0.25, 0.3) is 5.82 Å². The summed E-state index contributed by atoms with van der Waals surface area (Å²) < 4.78 is 7.05. The number of carbonyl (C=O) groups excluding carboxylic acids is 1. The number of aromatic nitrogens is 3. The molecule has 1 aliphatic rings. The van der Waals surface area contributed by atoms with Gasteiger partial charge < -0.3 is 9.84 Å². The van der Waals surface area contributed by atoms with Crippen LogP contribution in [0.15, 0.2) is 43.0 Å². The fraction of sp³-hybridized carbons (Fsp3) is 0.348. The third kappa shape index (κ3) is 4.27. The molecule has 156 valence electrons. The number of rotatable bonds is 8. The van der Waals surface area contributed by atoms with Gasteiger partial charge in [-0.15, -0.1) is 0 Å². The van der Waals surface area contributed by atoms with E-state index in [4.69, 9.17) is 4.74 Å². The van der Waals surface area contributed by atoms with Gasteiger partial charge in [-0.2, -0.15) is 0 Å². The molecule has 30 heavy (non-hydrogen) atoms. The number of aliphatic hydroxyl groups is 1. The van der Waals surface area contributed by atoms with Crippen LogP contribution in [0.4, 0.5) is 0 Å². The highest BCUT2D eigenvalue weighted by molar-refractivity contribution is 5.93. The maximum Gasteiger partial charge on any atom is 0.338 e. The number of carbonyl (C=O) groups is 1. The van der Waals surface area contributed by atoms with Gasteiger partial charge in [0.2, 0.25) is 0 Å². The molecule has 0 radical (unpaired) electrons. The van der Waals surface area contributed by atoms with Crippen LogP contribution in [0.3, 0.4) is 0 Å². The Kier molecular flexibility index (Phi) is 5.92. The Morgan fingerprint density at radius 1 is 1.17 bits per heavy atom. The first-order chi connectivity index (χ1) is 14.5. The van der Waals surface area contributed by atoms with Crippen molar-refractivity contribution < 1.29 is 14.6 Å². The van der Waals surface area contributed by atoms with Gasteiger partial charge in [-0.1, -0.05) is 12.1 Å². The molecule has 0 unspecified atom stereocenters. The van der Waals surface area contributed by atoms with Crippen LogP contribution in [0.2, 0.25) is 0 Å². The van der Waals surface area contributed by atoms with E-state index in [2.05, 4.69) is 20.9 Å². The van der Waals surface area contributed by atoms with Crippen LogP contribution < -0.4 is 0 Å². The molecule has 4 rings (SSSR count). The second-order valence-electron chi connectivity index (χ2n) is 7.65. The van der Waals surface area contributed by atoms with E-state index in [-0.39, 0.29) is 12.6 Å². The molecule has 7 heteroatoms. The zero-order valence-electron chi connectivity index (χ0n) is 17.3. The minimum absolute atomic E-state index is 0.103. The topological polar surface area (TPSA) is 80.5 Å². The SMILES string of the molecule is Cc1cn(-c2ccc(CN(CCO)CCc3ccc4c(c3C)COC4=O)cn2)cn1. The molecular weight excluding hydrogens is 380 g/mol. The molecule has 3 heterocycles. The number of ether oxygens (including phenoxy) is 1. The number of pyridine rings is 1. The highest BCUT2D eigenvalue weighted by Gasteiger charge is 2.23. The molecule has 0 saturated carbocycles. The molecule has 1 N–H and O–H groups in total. The second-order valence-corrected chi connectivity index (χ2v) is 7.65. The molecular formula is C23H26N4O3. The Morgan fingerprint density at radius 3 is 2.73 bits per heavy atom. The number of esters is 1. The number of benzene rings is 1. The molecule has 1 aliphatic heterocycles. The molecule has 0 atom stereocenters. The van der Waals surface area contributed by atoms with Crippen LogP contribution in [0.1, 0.15) is 38.3 Å². The minimum Gasteiger partial charge on any atom is -0.457 e. The summed E-state index contributed by atoms with van der Waals surface area (Å²) in [5, 5.41) is 9.50. The summed E-state index contributed by atoms with van der Waals surface area (Å²) in [5.74, 6) is 0.599. The predicted molar refractivity (Wildman–Crippen MR) is 112 cm³/mol. The summed E-state index contributed by atoms with van der Waals surface area (Å²) in [6.45, 7) is 6.57. The number of aryl methyl sites for hydroxylation is 1. The van der Waals surface area contributed by atoms with E-state index in [1.807, 2.05) is 49.0 Å². The van der Waals surface area contributed by atoms with Crippen molar-refractivity contribution in [1.29, 1.82) is 0 Å². The molecule has 3 aromatic rings. The smallest absolute Gasteiger partial charge is 0.338 e. The van der Waals surface area contributed by atoms with Gasteiger partial charge in [0.1, 0.15) is 18.8 Å². The first-order valence-electron chi connectivity index (χ1n) is 10.1. The largest absolute Gasteiger partial charge is 0.457 e. The zero-order valence-corrected chi connectivity index (χ0v) is 17.3. The Morgan fingerprint density at radius 2 is 2.03 bits per heavy atom. The number of cyclic esters (lactones) is 1. The summed E-state index contributed by atoms with van der Waals surface area (Å²) in [4.78, 5) is 22.7. The zero-order chi connectivity index (χ0) is 21.1. The van der Waals surface area contributed by atoms with Crippen molar-refractivity contribution >= 4 is 5.97 Å². The molecule has 7 nitrogen and oxygen atoms in total. The number of nitrogens with zero attached hydrogens (tertiary/aromatic N) is 4. The van der Waals surface area contributed by atoms with Gasteiger partial charge in [0, 0.05) is 37.6 Å². The van der Waals surface area contributed by atoms with Crippen LogP contribution in [0, 0.1) is 13.8 Å². The second kappa shape index (κ2) is 8.77. The van der Waals surface area contributed by atoms with Crippen LogP contribution in [0.5, 0.6) is 0 Å². The first-order valence-corrected chi connectivity index (χ1v) is 10.1. The number of aliphatic hydroxyl groups excluding tert-OH is 1. The fourth-order valence-electron chi connectivity index (χ4n) is 3.83. The average molecular weight is 406 g/mol. The number of hydrogen-bond donors (Lipinski definition) is 1. The molecule has 0 saturated heterocycles. The standard InChI is InChI=1S/C23H26N4O3/c1-16-12-27(15-25-16)22-6-3-18(11-24-22)13-26(9-10-28)8-7-19-4-5-20-21(17(19)2)14-30-23(20)29/h3-6,11-12,15,28H,7-10,13-14H2,1-2H3. The molecule has 0 fully saturated rings. The fourth-order valence-corrected chi connectivity index (χ4v) is 3.83. The number of imidazole rings is 1. The quantitative estimate of drug-likeness (QED) is 0.579. The average Bonchev–Trinajstić information content (AvgIpc) is 3.34. The van der Waals surface area contributed by atoms with Crippen molar-refractivity contribution in [3.8, 4) is 5.82 Å². The molecule has 0 spiro atoms. The van der Waals surface area contributed by atoms with E-state index >= 15 is 0 Å². The number of hydrogen-bond acceptors (Lipinski definition) is 6. The van der Waals surface area contributed by atoms with Crippen LogP contribution >= 0.6 is 0 Å². The maximum absolute atomic E-state index is 11.7. The van der Waals surface area contributed by atoms with Crippen molar-refractivity contribution in [2.45, 2.75) is 33.4 Å². The molecule has 0 amide bonds. The normalized spacial score (nSPS) is 13.0. The van der Waals surface area contributed by atoms with E-state index < -0.39 is 0 Å². The van der Waals surface area contributed by atoms with Gasteiger partial charge in [-0.3, -0.25) is 9.47 Å². The van der Waals surface area contributed by atoms with Crippen molar-refractivity contribution in [3.63, 3.8) is 0 Å². The van der Waals surface area contributed by atoms with Gasteiger partial charge in [-0.05, 0) is 49.1 Å². The molecule has 1 aromatic carbocycles. The monoisotopic (exact) mass is 406 g/mol. The Labute approximate surface area is 176 Å². The van der Waals surface area contributed by atoms with Crippen LogP contribution in [-0.4, -0.2) is 50.2 Å². The Balaban J connectivity index is 1.41. The van der Waals surface area contributed by atoms with Crippen molar-refractivity contribution in [1.82, 2.24) is 19.4 Å². The lowest BCUT2D eigenvalue weighted by Gasteiger charge is -2.22. The van der Waals surface area contributed by atoms with Gasteiger partial charge in [-0.25, -0.2) is 14.8 Å². The number of fused-ring (bicyclic) bond motifs is 1. The molecule has 0 bridgehead atoms. The Hall–Kier alpha value is -3.03. The lowest BCUT2D eigenvalue weighted by atomic mass is 9.96. The van der Waals surface area contributed by atoms with Gasteiger partial charge in [0.25, 0.3) is 0 Å². The third-order valence-electron chi connectivity index (χ3n) is 5.58. The highest BCUT2D eigenvalue weighted by Crippen LogP contribution is 2.26. The summed E-state index contributed by atoms with van der Waals surface area (Å²) >= 11 is 0. The van der Waals surface area contributed by atoms with E-state index in [0.29, 0.717) is 25.3 Å². The maximum atomic E-state index is 11.7. The summed E-state index contributed by atoms with van der Waals surface area (Å²) in [5.41, 5.74) is 6.06. The van der Waals surface area contributed by atoms with Crippen LogP contribution in [-0.2, 0) is 24.3 Å². The van der Waals surface area contributed by atoms with Crippen molar-refractivity contribution in [3.05, 3.63) is 76.5 Å². The highest BCUT2D eigenvalue weighted by atomic mass is 16.5.